The van der Waals surface area contributed by atoms with Gasteiger partial charge in [0.1, 0.15) is 11.8 Å². The average molecular weight is 301 g/mol. The number of halogens is 1. The summed E-state index contributed by atoms with van der Waals surface area (Å²) >= 11 is 2.02. The van der Waals surface area contributed by atoms with Gasteiger partial charge in [0.2, 0.25) is 0 Å². The normalized spacial score (nSPS) is 9.29. The molecule has 0 aromatic heterocycles. The average Bonchev–Trinajstić information content (AvgIpc) is 2.17. The van der Waals surface area contributed by atoms with Crippen LogP contribution in [0, 0.1) is 14.9 Å². The summed E-state index contributed by atoms with van der Waals surface area (Å²) in [5.74, 6) is 0.492. The van der Waals surface area contributed by atoms with Crippen LogP contribution in [0.1, 0.15) is 22.8 Å². The van der Waals surface area contributed by atoms with E-state index in [1.807, 2.05) is 28.7 Å². The van der Waals surface area contributed by atoms with Crippen LogP contribution < -0.4 is 4.74 Å². The highest BCUT2D eigenvalue weighted by Gasteiger charge is 2.10. The molecule has 0 radical (unpaired) electrons. The van der Waals surface area contributed by atoms with Crippen LogP contribution in [0.25, 0.3) is 0 Å². The van der Waals surface area contributed by atoms with Crippen molar-refractivity contribution >= 4 is 28.4 Å². The zero-order chi connectivity index (χ0) is 10.7. The Balaban J connectivity index is 3.41. The summed E-state index contributed by atoms with van der Waals surface area (Å²) in [4.78, 5) is 11.1. The summed E-state index contributed by atoms with van der Waals surface area (Å²) in [6, 6.07) is 5.25. The maximum atomic E-state index is 11.1. The van der Waals surface area contributed by atoms with E-state index in [0.29, 0.717) is 16.9 Å². The molecule has 14 heavy (non-hydrogen) atoms. The second-order valence-electron chi connectivity index (χ2n) is 2.71. The molecule has 0 saturated carbocycles. The van der Waals surface area contributed by atoms with E-state index in [1.165, 1.54) is 14.0 Å². The van der Waals surface area contributed by atoms with Crippen LogP contribution in [0.2, 0.25) is 0 Å². The van der Waals surface area contributed by atoms with E-state index >= 15 is 0 Å². The smallest absolute Gasteiger partial charge is 0.159 e. The molecule has 0 fully saturated rings. The Labute approximate surface area is 95.8 Å². The third kappa shape index (κ3) is 2.04. The topological polar surface area (TPSA) is 50.1 Å². The van der Waals surface area contributed by atoms with Crippen molar-refractivity contribution in [2.75, 3.05) is 7.11 Å². The van der Waals surface area contributed by atoms with Crippen LogP contribution in [0.3, 0.4) is 0 Å². The van der Waals surface area contributed by atoms with Gasteiger partial charge in [0.15, 0.2) is 5.78 Å². The zero-order valence-corrected chi connectivity index (χ0v) is 9.95. The molecule has 0 N–H and O–H groups in total. The van der Waals surface area contributed by atoms with Crippen LogP contribution in [-0.4, -0.2) is 12.9 Å². The Hall–Kier alpha value is -1.09. The Bertz CT molecular complexity index is 421. The number of carbonyl (C=O) groups excluding carboxylic acids is 1. The predicted molar refractivity (Wildman–Crippen MR) is 60.4 cm³/mol. The maximum absolute atomic E-state index is 11.1. The molecule has 0 aliphatic carbocycles. The van der Waals surface area contributed by atoms with Gasteiger partial charge in [-0.3, -0.25) is 4.79 Å². The molecule has 0 saturated heterocycles. The summed E-state index contributed by atoms with van der Waals surface area (Å²) in [5.41, 5.74) is 0.967. The van der Waals surface area contributed by atoms with Gasteiger partial charge in [-0.2, -0.15) is 5.26 Å². The van der Waals surface area contributed by atoms with Crippen molar-refractivity contribution in [3.8, 4) is 11.8 Å². The van der Waals surface area contributed by atoms with Gasteiger partial charge < -0.3 is 4.74 Å². The summed E-state index contributed by atoms with van der Waals surface area (Å²) in [7, 11) is 1.52. The van der Waals surface area contributed by atoms with Gasteiger partial charge in [-0.25, -0.2) is 0 Å². The number of carbonyl (C=O) groups is 1. The minimum atomic E-state index is -0.0730. The van der Waals surface area contributed by atoms with Crippen molar-refractivity contribution in [3.63, 3.8) is 0 Å². The SMILES string of the molecule is COc1cc(C(C)=O)cc(C#N)c1I. The third-order valence-corrected chi connectivity index (χ3v) is 2.90. The number of benzene rings is 1. The van der Waals surface area contributed by atoms with Crippen molar-refractivity contribution < 1.29 is 9.53 Å². The third-order valence-electron chi connectivity index (χ3n) is 1.79. The van der Waals surface area contributed by atoms with Gasteiger partial charge in [-0.1, -0.05) is 0 Å². The van der Waals surface area contributed by atoms with Crippen molar-refractivity contribution in [1.82, 2.24) is 0 Å². The van der Waals surface area contributed by atoms with Crippen molar-refractivity contribution in [3.05, 3.63) is 26.8 Å². The number of hydrogen-bond acceptors (Lipinski definition) is 3. The molecule has 0 amide bonds. The van der Waals surface area contributed by atoms with E-state index < -0.39 is 0 Å². The van der Waals surface area contributed by atoms with E-state index in [2.05, 4.69) is 0 Å². The molecular weight excluding hydrogens is 293 g/mol. The van der Waals surface area contributed by atoms with E-state index in [1.54, 1.807) is 12.1 Å². The monoisotopic (exact) mass is 301 g/mol. The largest absolute Gasteiger partial charge is 0.496 e. The number of nitriles is 1. The molecule has 0 aliphatic heterocycles. The first-order valence-electron chi connectivity index (χ1n) is 3.88. The number of ether oxygens (including phenoxy) is 1. The fourth-order valence-electron chi connectivity index (χ4n) is 1.03. The molecule has 0 spiro atoms. The lowest BCUT2D eigenvalue weighted by atomic mass is 10.1. The summed E-state index contributed by atoms with van der Waals surface area (Å²) in [5, 5.41) is 8.82. The van der Waals surface area contributed by atoms with Crippen LogP contribution in [0.4, 0.5) is 0 Å². The Morgan fingerprint density at radius 3 is 2.64 bits per heavy atom. The molecule has 0 unspecified atom stereocenters. The second-order valence-corrected chi connectivity index (χ2v) is 3.79. The van der Waals surface area contributed by atoms with Crippen LogP contribution >= 0.6 is 22.6 Å². The first-order valence-corrected chi connectivity index (χ1v) is 4.96. The lowest BCUT2D eigenvalue weighted by molar-refractivity contribution is 0.101. The summed E-state index contributed by atoms with van der Waals surface area (Å²) < 4.78 is 5.80. The molecule has 0 bridgehead atoms. The van der Waals surface area contributed by atoms with Crippen LogP contribution in [0.15, 0.2) is 12.1 Å². The molecule has 0 heterocycles. The minimum absolute atomic E-state index is 0.0730. The van der Waals surface area contributed by atoms with Crippen molar-refractivity contribution in [2.45, 2.75) is 6.92 Å². The van der Waals surface area contributed by atoms with Gasteiger partial charge in [0.05, 0.1) is 16.2 Å². The quantitative estimate of drug-likeness (QED) is 0.622. The second kappa shape index (κ2) is 4.42. The Morgan fingerprint density at radius 1 is 1.57 bits per heavy atom. The van der Waals surface area contributed by atoms with Gasteiger partial charge in [0.25, 0.3) is 0 Å². The summed E-state index contributed by atoms with van der Waals surface area (Å²) in [6.07, 6.45) is 0. The minimum Gasteiger partial charge on any atom is -0.496 e. The molecule has 1 aromatic carbocycles. The van der Waals surface area contributed by atoms with E-state index in [0.717, 1.165) is 3.57 Å². The molecule has 3 nitrogen and oxygen atoms in total. The van der Waals surface area contributed by atoms with Crippen LogP contribution in [-0.2, 0) is 0 Å². The molecule has 1 aromatic rings. The van der Waals surface area contributed by atoms with E-state index in [-0.39, 0.29) is 5.78 Å². The van der Waals surface area contributed by atoms with Gasteiger partial charge >= 0.3 is 0 Å². The highest BCUT2D eigenvalue weighted by molar-refractivity contribution is 14.1. The predicted octanol–water partition coefficient (Wildman–Crippen LogP) is 2.37. The number of rotatable bonds is 2. The lowest BCUT2D eigenvalue weighted by Crippen LogP contribution is -1.98. The molecule has 72 valence electrons. The lowest BCUT2D eigenvalue weighted by Gasteiger charge is -2.06. The van der Waals surface area contributed by atoms with Gasteiger partial charge in [-0.05, 0) is 41.6 Å². The van der Waals surface area contributed by atoms with E-state index in [4.69, 9.17) is 10.00 Å². The number of methoxy groups -OCH3 is 1. The van der Waals surface area contributed by atoms with Crippen molar-refractivity contribution in [1.29, 1.82) is 5.26 Å². The molecule has 4 heteroatoms. The molecule has 0 atom stereocenters. The fourth-order valence-corrected chi connectivity index (χ4v) is 1.68. The Morgan fingerprint density at radius 2 is 2.21 bits per heavy atom. The highest BCUT2D eigenvalue weighted by Crippen LogP contribution is 2.26. The number of Topliss-reactive ketones (excluding diaryl/α,β-unsaturated/α-hetero) is 1. The van der Waals surface area contributed by atoms with Crippen LogP contribution in [0.5, 0.6) is 5.75 Å². The molecule has 1 rings (SSSR count). The van der Waals surface area contributed by atoms with Crippen molar-refractivity contribution in [2.24, 2.45) is 0 Å². The molecular formula is C10H8INO2. The van der Waals surface area contributed by atoms with E-state index in [9.17, 15) is 4.79 Å². The highest BCUT2D eigenvalue weighted by atomic mass is 127. The van der Waals surface area contributed by atoms with Gasteiger partial charge in [-0.15, -0.1) is 0 Å². The fraction of sp³-hybridized carbons (Fsp3) is 0.200. The number of nitrogens with zero attached hydrogens (tertiary/aromatic N) is 1. The molecule has 0 aliphatic rings. The number of ketones is 1. The zero-order valence-electron chi connectivity index (χ0n) is 7.80. The Kier molecular flexibility index (Phi) is 3.47. The summed E-state index contributed by atoms with van der Waals surface area (Å²) in [6.45, 7) is 1.46. The first kappa shape index (κ1) is 11.0. The maximum Gasteiger partial charge on any atom is 0.159 e. The first-order chi connectivity index (χ1) is 6.60. The number of hydrogen-bond donors (Lipinski definition) is 0. The van der Waals surface area contributed by atoms with Gasteiger partial charge in [0, 0.05) is 5.56 Å². The standard InChI is InChI=1S/C10H8INO2/c1-6(13)7-3-8(5-12)10(11)9(4-7)14-2/h3-4H,1-2H3.